The molecule has 1 aromatic heterocycles. The van der Waals surface area contributed by atoms with Gasteiger partial charge in [-0.1, -0.05) is 18.2 Å². The van der Waals surface area contributed by atoms with E-state index in [0.717, 1.165) is 24.6 Å². The first-order chi connectivity index (χ1) is 16.6. The van der Waals surface area contributed by atoms with E-state index in [4.69, 9.17) is 9.47 Å². The fraction of sp³-hybridized carbons (Fsp3) is 0.400. The van der Waals surface area contributed by atoms with Crippen molar-refractivity contribution in [1.82, 2.24) is 19.7 Å². The molecule has 0 bridgehead atoms. The molecule has 2 aliphatic heterocycles. The minimum Gasteiger partial charge on any atom is -0.486 e. The molecule has 3 aromatic rings. The predicted molar refractivity (Wildman–Crippen MR) is 128 cm³/mol. The Kier molecular flexibility index (Phi) is 6.82. The van der Waals surface area contributed by atoms with Crippen LogP contribution < -0.4 is 9.47 Å². The van der Waals surface area contributed by atoms with E-state index >= 15 is 0 Å². The van der Waals surface area contributed by atoms with Gasteiger partial charge in [-0.15, -0.1) is 10.2 Å². The molecule has 0 unspecified atom stereocenters. The molecular formula is C25H27FN4O3S. The van der Waals surface area contributed by atoms with Crippen molar-refractivity contribution in [3.8, 4) is 17.2 Å². The highest BCUT2D eigenvalue weighted by Crippen LogP contribution is 2.33. The van der Waals surface area contributed by atoms with Crippen LogP contribution in [-0.4, -0.2) is 57.5 Å². The first kappa shape index (κ1) is 22.9. The molecule has 2 aromatic carbocycles. The third-order valence-corrected chi connectivity index (χ3v) is 7.18. The maximum atomic E-state index is 13.6. The molecule has 178 valence electrons. The molecule has 7 nitrogen and oxygen atoms in total. The minimum absolute atomic E-state index is 0.0405. The maximum absolute atomic E-state index is 13.6. The Morgan fingerprint density at radius 2 is 1.76 bits per heavy atom. The Balaban J connectivity index is 1.39. The molecule has 2 aliphatic rings. The molecule has 0 aliphatic carbocycles. The Hall–Kier alpha value is -2.91. The number of ether oxygens (including phenoxy) is 2. The quantitative estimate of drug-likeness (QED) is 0.357. The molecular weight excluding hydrogens is 455 g/mol. The number of likely N-dealkylation sites (tertiary alicyclic amines) is 1. The number of benzene rings is 2. The van der Waals surface area contributed by atoms with Crippen LogP contribution in [0.2, 0.25) is 0 Å². The highest BCUT2D eigenvalue weighted by Gasteiger charge is 2.26. The standard InChI is InChI=1S/C25H27FN4O3S/c1-17(29-11-3-2-4-12-29)24-27-28-25(30(24)20-8-6-19(26)7-9-20)34-16-21(31)18-5-10-22-23(15-18)33-14-13-32-22/h5-10,15,17H,2-4,11-14,16H2,1H3/t17-/m1/s1. The number of rotatable bonds is 7. The van der Waals surface area contributed by atoms with Crippen molar-refractivity contribution in [1.29, 1.82) is 0 Å². The lowest BCUT2D eigenvalue weighted by Gasteiger charge is -2.31. The van der Waals surface area contributed by atoms with Crippen LogP contribution in [0.5, 0.6) is 11.5 Å². The molecule has 0 amide bonds. The second-order valence-electron chi connectivity index (χ2n) is 8.50. The van der Waals surface area contributed by atoms with Gasteiger partial charge in [0.2, 0.25) is 0 Å². The van der Waals surface area contributed by atoms with Crippen molar-refractivity contribution in [3.05, 3.63) is 59.7 Å². The van der Waals surface area contributed by atoms with Gasteiger partial charge in [0.25, 0.3) is 0 Å². The lowest BCUT2D eigenvalue weighted by atomic mass is 10.1. The number of piperidine rings is 1. The fourth-order valence-corrected chi connectivity index (χ4v) is 5.23. The molecule has 1 saturated heterocycles. The zero-order valence-corrected chi connectivity index (χ0v) is 19.9. The average molecular weight is 483 g/mol. The summed E-state index contributed by atoms with van der Waals surface area (Å²) in [5.74, 6) is 1.89. The van der Waals surface area contributed by atoms with Crippen LogP contribution in [0.25, 0.3) is 5.69 Å². The van der Waals surface area contributed by atoms with Gasteiger partial charge in [0.05, 0.1) is 11.8 Å². The van der Waals surface area contributed by atoms with E-state index in [1.807, 2.05) is 4.57 Å². The summed E-state index contributed by atoms with van der Waals surface area (Å²) in [7, 11) is 0. The van der Waals surface area contributed by atoms with Crippen molar-refractivity contribution < 1.29 is 18.7 Å². The molecule has 0 spiro atoms. The van der Waals surface area contributed by atoms with Gasteiger partial charge in [-0.2, -0.15) is 0 Å². The molecule has 0 N–H and O–H groups in total. The lowest BCUT2D eigenvalue weighted by molar-refractivity contribution is 0.102. The molecule has 0 radical (unpaired) electrons. The number of hydrogen-bond donors (Lipinski definition) is 0. The number of halogens is 1. The van der Waals surface area contributed by atoms with Crippen molar-refractivity contribution in [2.24, 2.45) is 0 Å². The number of nitrogens with zero attached hydrogens (tertiary/aromatic N) is 4. The number of ketones is 1. The topological polar surface area (TPSA) is 69.5 Å². The lowest BCUT2D eigenvalue weighted by Crippen LogP contribution is -2.33. The predicted octanol–water partition coefficient (Wildman–Crippen LogP) is 4.70. The molecule has 1 atom stereocenters. The van der Waals surface area contributed by atoms with Gasteiger partial charge >= 0.3 is 0 Å². The van der Waals surface area contributed by atoms with Crippen molar-refractivity contribution >= 4 is 17.5 Å². The van der Waals surface area contributed by atoms with E-state index in [-0.39, 0.29) is 23.4 Å². The van der Waals surface area contributed by atoms with Crippen LogP contribution in [-0.2, 0) is 0 Å². The summed E-state index contributed by atoms with van der Waals surface area (Å²) in [5.41, 5.74) is 1.34. The minimum atomic E-state index is -0.301. The molecule has 1 fully saturated rings. The molecule has 0 saturated carbocycles. The number of thioether (sulfide) groups is 1. The fourth-order valence-electron chi connectivity index (χ4n) is 4.38. The summed E-state index contributed by atoms with van der Waals surface area (Å²) in [6.45, 7) is 5.14. The number of carbonyl (C=O) groups excluding carboxylic acids is 1. The first-order valence-corrected chi connectivity index (χ1v) is 12.6. The third-order valence-electron chi connectivity index (χ3n) is 6.25. The Labute approximate surface area is 202 Å². The molecule has 5 rings (SSSR count). The summed E-state index contributed by atoms with van der Waals surface area (Å²) in [6, 6.07) is 11.6. The van der Waals surface area contributed by atoms with Gasteiger partial charge in [-0.25, -0.2) is 4.39 Å². The SMILES string of the molecule is C[C@H](c1nnc(SCC(=O)c2ccc3c(c2)OCCO3)n1-c1ccc(F)cc1)N1CCCCC1. The Bertz CT molecular complexity index is 1160. The number of Topliss-reactive ketones (excluding diaryl/α,β-unsaturated/α-hetero) is 1. The largest absolute Gasteiger partial charge is 0.486 e. The maximum Gasteiger partial charge on any atom is 0.196 e. The van der Waals surface area contributed by atoms with E-state index in [1.54, 1.807) is 30.3 Å². The van der Waals surface area contributed by atoms with Gasteiger partial charge in [0, 0.05) is 11.3 Å². The van der Waals surface area contributed by atoms with Gasteiger partial charge in [0.1, 0.15) is 19.0 Å². The molecule has 34 heavy (non-hydrogen) atoms. The highest BCUT2D eigenvalue weighted by molar-refractivity contribution is 7.99. The van der Waals surface area contributed by atoms with Gasteiger partial charge in [0.15, 0.2) is 28.3 Å². The second kappa shape index (κ2) is 10.1. The van der Waals surface area contributed by atoms with E-state index in [1.165, 1.54) is 43.2 Å². The monoisotopic (exact) mass is 482 g/mol. The van der Waals surface area contributed by atoms with Gasteiger partial charge in [-0.3, -0.25) is 14.3 Å². The van der Waals surface area contributed by atoms with Gasteiger partial charge < -0.3 is 9.47 Å². The summed E-state index contributed by atoms with van der Waals surface area (Å²) >= 11 is 1.33. The number of fused-ring (bicyclic) bond motifs is 1. The third kappa shape index (κ3) is 4.81. The van der Waals surface area contributed by atoms with Crippen LogP contribution in [0.15, 0.2) is 47.6 Å². The van der Waals surface area contributed by atoms with Crippen LogP contribution in [0, 0.1) is 5.82 Å². The molecule has 3 heterocycles. The van der Waals surface area contributed by atoms with E-state index in [2.05, 4.69) is 22.0 Å². The van der Waals surface area contributed by atoms with Gasteiger partial charge in [-0.05, 0) is 75.3 Å². The zero-order chi connectivity index (χ0) is 23.5. The number of aromatic nitrogens is 3. The van der Waals surface area contributed by atoms with E-state index < -0.39 is 0 Å². The van der Waals surface area contributed by atoms with Crippen LogP contribution >= 0.6 is 11.8 Å². The van der Waals surface area contributed by atoms with Crippen molar-refractivity contribution in [3.63, 3.8) is 0 Å². The normalized spacial score (nSPS) is 16.9. The summed E-state index contributed by atoms with van der Waals surface area (Å²) in [4.78, 5) is 15.4. The summed E-state index contributed by atoms with van der Waals surface area (Å²) < 4.78 is 26.7. The van der Waals surface area contributed by atoms with Crippen LogP contribution in [0.1, 0.15) is 48.4 Å². The summed E-state index contributed by atoms with van der Waals surface area (Å²) in [6.07, 6.45) is 3.58. The van der Waals surface area contributed by atoms with E-state index in [9.17, 15) is 9.18 Å². The Morgan fingerprint density at radius 1 is 1.03 bits per heavy atom. The van der Waals surface area contributed by atoms with Crippen LogP contribution in [0.4, 0.5) is 4.39 Å². The van der Waals surface area contributed by atoms with Crippen LogP contribution in [0.3, 0.4) is 0 Å². The number of hydrogen-bond acceptors (Lipinski definition) is 7. The molecule has 9 heteroatoms. The van der Waals surface area contributed by atoms with E-state index in [0.29, 0.717) is 35.4 Å². The Morgan fingerprint density at radius 3 is 2.53 bits per heavy atom. The summed E-state index contributed by atoms with van der Waals surface area (Å²) in [5, 5.41) is 9.54. The first-order valence-electron chi connectivity index (χ1n) is 11.6. The van der Waals surface area contributed by atoms with Crippen molar-refractivity contribution in [2.45, 2.75) is 37.4 Å². The average Bonchev–Trinajstić information content (AvgIpc) is 3.31. The zero-order valence-electron chi connectivity index (χ0n) is 19.1. The second-order valence-corrected chi connectivity index (χ2v) is 9.44. The smallest absolute Gasteiger partial charge is 0.196 e. The van der Waals surface area contributed by atoms with Crippen molar-refractivity contribution in [2.75, 3.05) is 32.1 Å². The highest BCUT2D eigenvalue weighted by atomic mass is 32.2. The number of carbonyl (C=O) groups is 1.